The normalized spacial score (nSPS) is 17.7. The Bertz CT molecular complexity index is 357. The molecule has 1 aliphatic rings. The molecule has 0 amide bonds. The first-order valence-corrected chi connectivity index (χ1v) is 10.6. The van der Waals surface area contributed by atoms with Crippen LogP contribution < -0.4 is 10.6 Å². The van der Waals surface area contributed by atoms with Crippen molar-refractivity contribution in [2.24, 2.45) is 4.99 Å². The van der Waals surface area contributed by atoms with Crippen molar-refractivity contribution in [3.8, 4) is 0 Å². The quantitative estimate of drug-likeness (QED) is 0.309. The molecule has 0 spiro atoms. The minimum Gasteiger partial charge on any atom is -0.385 e. The Hall–Kier alpha value is -0.500. The number of likely N-dealkylation sites (N-methyl/N-ethyl adjacent to an activating group) is 1. The largest absolute Gasteiger partial charge is 0.385 e. The average molecular weight is 375 g/mol. The molecular weight excluding hydrogens is 336 g/mol. The van der Waals surface area contributed by atoms with Crippen molar-refractivity contribution in [2.45, 2.75) is 37.9 Å². The van der Waals surface area contributed by atoms with Gasteiger partial charge in [0.25, 0.3) is 0 Å². The zero-order valence-corrected chi connectivity index (χ0v) is 17.4. The number of rotatable bonds is 12. The lowest BCUT2D eigenvalue weighted by molar-refractivity contribution is 0.0793. The van der Waals surface area contributed by atoms with Crippen molar-refractivity contribution in [1.29, 1.82) is 0 Å². The van der Waals surface area contributed by atoms with Crippen molar-refractivity contribution < 1.29 is 9.47 Å². The molecule has 1 rings (SSSR count). The predicted molar refractivity (Wildman–Crippen MR) is 109 cm³/mol. The number of guanidine groups is 1. The molecule has 6 nitrogen and oxygen atoms in total. The molecular formula is C18H38N4O2S. The van der Waals surface area contributed by atoms with Crippen molar-refractivity contribution >= 4 is 17.7 Å². The third-order valence-electron chi connectivity index (χ3n) is 4.40. The van der Waals surface area contributed by atoms with Crippen LogP contribution in [0.1, 0.15) is 33.1 Å². The van der Waals surface area contributed by atoms with Gasteiger partial charge in [0.2, 0.25) is 0 Å². The molecule has 1 aliphatic heterocycles. The topological polar surface area (TPSA) is 58.1 Å². The van der Waals surface area contributed by atoms with Gasteiger partial charge in [-0.1, -0.05) is 6.92 Å². The molecule has 0 bridgehead atoms. The highest BCUT2D eigenvalue weighted by atomic mass is 32.2. The fourth-order valence-electron chi connectivity index (χ4n) is 2.92. The van der Waals surface area contributed by atoms with E-state index in [-0.39, 0.29) is 4.75 Å². The van der Waals surface area contributed by atoms with Gasteiger partial charge in [-0.2, -0.15) is 11.8 Å². The van der Waals surface area contributed by atoms with Crippen LogP contribution in [0.3, 0.4) is 0 Å². The standard InChI is InChI=1S/C18H38N4O2S/c1-5-19-17(20-10-12-22(3)11-7-13-23-4)21-16-18(25-6-2)8-14-24-15-9-18/h5-16H2,1-4H3,(H2,19,20,21). The fraction of sp³-hybridized carbons (Fsp3) is 0.944. The molecule has 2 N–H and O–H groups in total. The number of aliphatic imine (C=N–C) groups is 1. The highest BCUT2D eigenvalue weighted by Crippen LogP contribution is 2.35. The summed E-state index contributed by atoms with van der Waals surface area (Å²) in [6.45, 7) is 11.6. The minimum atomic E-state index is 0.242. The number of nitrogens with zero attached hydrogens (tertiary/aromatic N) is 2. The van der Waals surface area contributed by atoms with Gasteiger partial charge in [-0.25, -0.2) is 0 Å². The fourth-order valence-corrected chi connectivity index (χ4v) is 4.14. The number of methoxy groups -OCH3 is 1. The van der Waals surface area contributed by atoms with Crippen LogP contribution in [-0.2, 0) is 9.47 Å². The molecule has 0 aliphatic carbocycles. The third-order valence-corrected chi connectivity index (χ3v) is 5.84. The molecule has 1 fully saturated rings. The van der Waals surface area contributed by atoms with E-state index in [1.807, 2.05) is 11.8 Å². The SMILES string of the molecule is CCNC(=NCC1(SCC)CCOCC1)NCCN(C)CCCOC. The van der Waals surface area contributed by atoms with Gasteiger partial charge in [-0.3, -0.25) is 4.99 Å². The lowest BCUT2D eigenvalue weighted by atomic mass is 9.99. The van der Waals surface area contributed by atoms with Crippen LogP contribution in [0, 0.1) is 0 Å². The van der Waals surface area contributed by atoms with Gasteiger partial charge in [0.15, 0.2) is 5.96 Å². The van der Waals surface area contributed by atoms with Gasteiger partial charge in [0.05, 0.1) is 6.54 Å². The Labute approximate surface area is 158 Å². The van der Waals surface area contributed by atoms with Gasteiger partial charge in [-0.05, 0) is 39.0 Å². The van der Waals surface area contributed by atoms with Crippen LogP contribution >= 0.6 is 11.8 Å². The predicted octanol–water partition coefficient (Wildman–Crippen LogP) is 1.81. The van der Waals surface area contributed by atoms with E-state index in [2.05, 4.69) is 36.4 Å². The van der Waals surface area contributed by atoms with E-state index in [1.165, 1.54) is 0 Å². The van der Waals surface area contributed by atoms with Gasteiger partial charge < -0.3 is 25.0 Å². The molecule has 0 unspecified atom stereocenters. The van der Waals surface area contributed by atoms with Crippen molar-refractivity contribution in [3.63, 3.8) is 0 Å². The third kappa shape index (κ3) is 9.68. The summed E-state index contributed by atoms with van der Waals surface area (Å²) in [7, 11) is 3.90. The first kappa shape index (κ1) is 22.5. The maximum absolute atomic E-state index is 5.55. The van der Waals surface area contributed by atoms with Crippen LogP contribution in [0.2, 0.25) is 0 Å². The second-order valence-corrected chi connectivity index (χ2v) is 8.23. The summed E-state index contributed by atoms with van der Waals surface area (Å²) in [6.07, 6.45) is 3.26. The summed E-state index contributed by atoms with van der Waals surface area (Å²) in [5.74, 6) is 2.06. The Kier molecular flexibility index (Phi) is 12.3. The average Bonchev–Trinajstić information content (AvgIpc) is 2.61. The van der Waals surface area contributed by atoms with Gasteiger partial charge in [0, 0.05) is 57.9 Å². The van der Waals surface area contributed by atoms with E-state index in [1.54, 1.807) is 7.11 Å². The molecule has 25 heavy (non-hydrogen) atoms. The zero-order valence-electron chi connectivity index (χ0n) is 16.6. The first-order valence-electron chi connectivity index (χ1n) is 9.57. The van der Waals surface area contributed by atoms with Gasteiger partial charge in [0.1, 0.15) is 0 Å². The number of nitrogens with one attached hydrogen (secondary N) is 2. The highest BCUT2D eigenvalue weighted by molar-refractivity contribution is 8.00. The molecule has 0 radical (unpaired) electrons. The maximum Gasteiger partial charge on any atom is 0.191 e. The molecule has 0 aromatic rings. The summed E-state index contributed by atoms with van der Waals surface area (Å²) >= 11 is 2.04. The summed E-state index contributed by atoms with van der Waals surface area (Å²) in [5.41, 5.74) is 0. The molecule has 148 valence electrons. The monoisotopic (exact) mass is 374 g/mol. The number of ether oxygens (including phenoxy) is 2. The molecule has 0 aromatic heterocycles. The molecule has 7 heteroatoms. The lowest BCUT2D eigenvalue weighted by Gasteiger charge is -2.35. The summed E-state index contributed by atoms with van der Waals surface area (Å²) in [5, 5.41) is 6.83. The molecule has 0 atom stereocenters. The van der Waals surface area contributed by atoms with Crippen LogP contribution in [0.15, 0.2) is 4.99 Å². The second-order valence-electron chi connectivity index (χ2n) is 6.50. The molecule has 0 aromatic carbocycles. The van der Waals surface area contributed by atoms with Gasteiger partial charge in [-0.15, -0.1) is 0 Å². The van der Waals surface area contributed by atoms with E-state index in [4.69, 9.17) is 14.5 Å². The van der Waals surface area contributed by atoms with Crippen LogP contribution in [-0.4, -0.2) is 88.1 Å². The van der Waals surface area contributed by atoms with E-state index < -0.39 is 0 Å². The van der Waals surface area contributed by atoms with E-state index in [0.717, 1.165) is 83.5 Å². The number of hydrogen-bond acceptors (Lipinski definition) is 5. The highest BCUT2D eigenvalue weighted by Gasteiger charge is 2.32. The van der Waals surface area contributed by atoms with E-state index in [9.17, 15) is 0 Å². The molecule has 0 saturated carbocycles. The first-order chi connectivity index (χ1) is 12.2. The molecule has 1 heterocycles. The Morgan fingerprint density at radius 2 is 2.00 bits per heavy atom. The van der Waals surface area contributed by atoms with Crippen LogP contribution in [0.25, 0.3) is 0 Å². The number of thioether (sulfide) groups is 1. The Balaban J connectivity index is 2.44. The number of hydrogen-bond donors (Lipinski definition) is 2. The maximum atomic E-state index is 5.55. The van der Waals surface area contributed by atoms with E-state index >= 15 is 0 Å². The van der Waals surface area contributed by atoms with Gasteiger partial charge >= 0.3 is 0 Å². The smallest absolute Gasteiger partial charge is 0.191 e. The summed E-state index contributed by atoms with van der Waals surface area (Å²) in [6, 6.07) is 0. The van der Waals surface area contributed by atoms with E-state index in [0.29, 0.717) is 0 Å². The Morgan fingerprint density at radius 1 is 1.24 bits per heavy atom. The van der Waals surface area contributed by atoms with Crippen LogP contribution in [0.4, 0.5) is 0 Å². The zero-order chi connectivity index (χ0) is 18.4. The summed E-state index contributed by atoms with van der Waals surface area (Å²) in [4.78, 5) is 7.20. The van der Waals surface area contributed by atoms with Crippen LogP contribution in [0.5, 0.6) is 0 Å². The minimum absolute atomic E-state index is 0.242. The lowest BCUT2D eigenvalue weighted by Crippen LogP contribution is -2.43. The van der Waals surface area contributed by atoms with Crippen molar-refractivity contribution in [3.05, 3.63) is 0 Å². The molecule has 1 saturated heterocycles. The second kappa shape index (κ2) is 13.7. The van der Waals surface area contributed by atoms with Crippen molar-refractivity contribution in [1.82, 2.24) is 15.5 Å². The van der Waals surface area contributed by atoms with Crippen molar-refractivity contribution in [2.75, 3.05) is 72.5 Å². The Morgan fingerprint density at radius 3 is 2.64 bits per heavy atom. The summed E-state index contributed by atoms with van der Waals surface area (Å²) < 4.78 is 10.9.